The standard InChI is InChI=1S/C22H23FN6O2S/c23-19-7-6-17(13-25-27-22(24)32-15-16-4-2-1-3-5-16)12-18(19)21-26-20(31-28-21)14-29-8-10-30-11-9-29/h1-7,12-13H,8-11,14-15H2,(H2,24,27). The van der Waals surface area contributed by atoms with E-state index in [-0.39, 0.29) is 11.4 Å². The quantitative estimate of drug-likeness (QED) is 0.332. The van der Waals surface area contributed by atoms with Crippen LogP contribution in [0.15, 0.2) is 63.3 Å². The zero-order valence-corrected chi connectivity index (χ0v) is 18.2. The molecule has 2 aromatic carbocycles. The molecule has 0 spiro atoms. The molecule has 1 aliphatic rings. The highest BCUT2D eigenvalue weighted by Gasteiger charge is 2.17. The number of hydrogen-bond acceptors (Lipinski definition) is 8. The fourth-order valence-electron chi connectivity index (χ4n) is 3.09. The number of rotatable bonds is 7. The molecular formula is C22H23FN6O2S. The summed E-state index contributed by atoms with van der Waals surface area (Å²) in [6.07, 6.45) is 1.51. The summed E-state index contributed by atoms with van der Waals surface area (Å²) >= 11 is 1.39. The van der Waals surface area contributed by atoms with Crippen molar-refractivity contribution < 1.29 is 13.7 Å². The molecule has 0 amide bonds. The molecule has 4 rings (SSSR count). The Kier molecular flexibility index (Phi) is 7.59. The van der Waals surface area contributed by atoms with Crippen molar-refractivity contribution >= 4 is 23.1 Å². The van der Waals surface area contributed by atoms with Gasteiger partial charge in [-0.1, -0.05) is 53.3 Å². The smallest absolute Gasteiger partial charge is 0.241 e. The number of amidine groups is 1. The molecule has 166 valence electrons. The van der Waals surface area contributed by atoms with Gasteiger partial charge in [0, 0.05) is 18.8 Å². The van der Waals surface area contributed by atoms with E-state index in [4.69, 9.17) is 15.0 Å². The Bertz CT molecular complexity index is 1080. The number of hydrogen-bond donors (Lipinski definition) is 1. The Morgan fingerprint density at radius 1 is 1.19 bits per heavy atom. The minimum Gasteiger partial charge on any atom is -0.379 e. The van der Waals surface area contributed by atoms with Gasteiger partial charge in [-0.25, -0.2) is 4.39 Å². The zero-order valence-electron chi connectivity index (χ0n) is 17.4. The van der Waals surface area contributed by atoms with E-state index in [1.54, 1.807) is 12.1 Å². The number of morpholine rings is 1. The lowest BCUT2D eigenvalue weighted by atomic mass is 10.1. The number of thioether (sulfide) groups is 1. The van der Waals surface area contributed by atoms with Gasteiger partial charge in [-0.05, 0) is 23.3 Å². The maximum Gasteiger partial charge on any atom is 0.241 e. The average Bonchev–Trinajstić information content (AvgIpc) is 3.28. The van der Waals surface area contributed by atoms with E-state index in [9.17, 15) is 4.39 Å². The summed E-state index contributed by atoms with van der Waals surface area (Å²) in [6, 6.07) is 14.5. The summed E-state index contributed by atoms with van der Waals surface area (Å²) in [5.41, 5.74) is 7.94. The summed E-state index contributed by atoms with van der Waals surface area (Å²) in [4.78, 5) is 6.49. The van der Waals surface area contributed by atoms with Crippen molar-refractivity contribution in [2.24, 2.45) is 15.9 Å². The van der Waals surface area contributed by atoms with Crippen LogP contribution in [0.4, 0.5) is 4.39 Å². The van der Waals surface area contributed by atoms with E-state index in [1.807, 2.05) is 30.3 Å². The Morgan fingerprint density at radius 2 is 2.00 bits per heavy atom. The van der Waals surface area contributed by atoms with Crippen molar-refractivity contribution in [1.82, 2.24) is 15.0 Å². The van der Waals surface area contributed by atoms with Gasteiger partial charge in [0.15, 0.2) is 5.17 Å². The van der Waals surface area contributed by atoms with Crippen LogP contribution in [0.3, 0.4) is 0 Å². The topological polar surface area (TPSA) is 102 Å². The van der Waals surface area contributed by atoms with Crippen molar-refractivity contribution in [3.8, 4) is 11.4 Å². The van der Waals surface area contributed by atoms with Gasteiger partial charge in [0.1, 0.15) is 5.82 Å². The number of nitrogens with zero attached hydrogens (tertiary/aromatic N) is 5. The minimum absolute atomic E-state index is 0.197. The molecule has 0 saturated carbocycles. The molecule has 0 atom stereocenters. The van der Waals surface area contributed by atoms with Crippen molar-refractivity contribution in [3.63, 3.8) is 0 Å². The molecule has 0 radical (unpaired) electrons. The first-order chi connectivity index (χ1) is 15.7. The van der Waals surface area contributed by atoms with E-state index >= 15 is 0 Å². The second kappa shape index (κ2) is 11.0. The highest BCUT2D eigenvalue weighted by atomic mass is 32.2. The van der Waals surface area contributed by atoms with E-state index in [1.165, 1.54) is 24.0 Å². The normalized spacial score (nSPS) is 15.5. The molecule has 1 fully saturated rings. The molecule has 3 aromatic rings. The van der Waals surface area contributed by atoms with Crippen LogP contribution in [-0.4, -0.2) is 52.7 Å². The largest absolute Gasteiger partial charge is 0.379 e. The Balaban J connectivity index is 1.39. The lowest BCUT2D eigenvalue weighted by Gasteiger charge is -2.24. The Morgan fingerprint density at radius 3 is 2.81 bits per heavy atom. The van der Waals surface area contributed by atoms with Gasteiger partial charge in [0.05, 0.1) is 31.5 Å². The molecule has 0 bridgehead atoms. The molecule has 1 aromatic heterocycles. The summed E-state index contributed by atoms with van der Waals surface area (Å²) in [7, 11) is 0. The van der Waals surface area contributed by atoms with Gasteiger partial charge in [0.25, 0.3) is 0 Å². The third-order valence-electron chi connectivity index (χ3n) is 4.75. The fraction of sp³-hybridized carbons (Fsp3) is 0.273. The molecule has 1 aliphatic heterocycles. The Hall–Kier alpha value is -3.08. The predicted octanol–water partition coefficient (Wildman–Crippen LogP) is 3.29. The van der Waals surface area contributed by atoms with Crippen LogP contribution in [0.5, 0.6) is 0 Å². The molecule has 1 saturated heterocycles. The lowest BCUT2D eigenvalue weighted by molar-refractivity contribution is 0.0297. The van der Waals surface area contributed by atoms with Crippen LogP contribution in [0.25, 0.3) is 11.4 Å². The molecular weight excluding hydrogens is 431 g/mol. The number of nitrogens with two attached hydrogens (primary N) is 1. The number of halogens is 1. The summed E-state index contributed by atoms with van der Waals surface area (Å²) in [6.45, 7) is 3.45. The maximum atomic E-state index is 14.4. The molecule has 2 heterocycles. The third-order valence-corrected chi connectivity index (χ3v) is 5.61. The highest BCUT2D eigenvalue weighted by molar-refractivity contribution is 8.13. The van der Waals surface area contributed by atoms with Gasteiger partial charge < -0.3 is 15.0 Å². The molecule has 32 heavy (non-hydrogen) atoms. The SMILES string of the molecule is NC(=NN=Cc1ccc(F)c(-c2noc(CN3CCOCC3)n2)c1)SCc1ccccc1. The molecule has 2 N–H and O–H groups in total. The van der Waals surface area contributed by atoms with Crippen LogP contribution in [0, 0.1) is 5.82 Å². The van der Waals surface area contributed by atoms with Crippen molar-refractivity contribution in [2.45, 2.75) is 12.3 Å². The van der Waals surface area contributed by atoms with E-state index < -0.39 is 5.82 Å². The molecule has 0 unspecified atom stereocenters. The zero-order chi connectivity index (χ0) is 22.2. The van der Waals surface area contributed by atoms with Gasteiger partial charge in [-0.15, -0.1) is 5.10 Å². The third kappa shape index (κ3) is 6.22. The number of benzene rings is 2. The van der Waals surface area contributed by atoms with E-state index in [0.717, 1.165) is 18.7 Å². The Labute approximate surface area is 189 Å². The average molecular weight is 455 g/mol. The molecule has 10 heteroatoms. The van der Waals surface area contributed by atoms with Crippen molar-refractivity contribution in [2.75, 3.05) is 26.3 Å². The number of aromatic nitrogens is 2. The van der Waals surface area contributed by atoms with Gasteiger partial charge in [0.2, 0.25) is 11.7 Å². The van der Waals surface area contributed by atoms with E-state index in [0.29, 0.717) is 42.1 Å². The monoisotopic (exact) mass is 454 g/mol. The van der Waals surface area contributed by atoms with Crippen LogP contribution >= 0.6 is 11.8 Å². The summed E-state index contributed by atoms with van der Waals surface area (Å²) in [5.74, 6) is 0.898. The van der Waals surface area contributed by atoms with Crippen LogP contribution in [-0.2, 0) is 17.0 Å². The first-order valence-corrected chi connectivity index (χ1v) is 11.1. The van der Waals surface area contributed by atoms with Crippen LogP contribution < -0.4 is 5.73 Å². The highest BCUT2D eigenvalue weighted by Crippen LogP contribution is 2.21. The second-order valence-electron chi connectivity index (χ2n) is 7.10. The maximum absolute atomic E-state index is 14.4. The number of ether oxygens (including phenoxy) is 1. The van der Waals surface area contributed by atoms with Crippen molar-refractivity contribution in [1.29, 1.82) is 0 Å². The van der Waals surface area contributed by atoms with E-state index in [2.05, 4.69) is 25.2 Å². The van der Waals surface area contributed by atoms with Crippen LogP contribution in [0.1, 0.15) is 17.0 Å². The lowest BCUT2D eigenvalue weighted by Crippen LogP contribution is -2.35. The van der Waals surface area contributed by atoms with Gasteiger partial charge in [-0.3, -0.25) is 4.90 Å². The fourth-order valence-corrected chi connectivity index (χ4v) is 3.70. The summed E-state index contributed by atoms with van der Waals surface area (Å²) < 4.78 is 25.0. The van der Waals surface area contributed by atoms with Gasteiger partial charge >= 0.3 is 0 Å². The summed E-state index contributed by atoms with van der Waals surface area (Å²) in [5, 5.41) is 12.3. The molecule has 8 nitrogen and oxygen atoms in total. The van der Waals surface area contributed by atoms with Gasteiger partial charge in [-0.2, -0.15) is 10.1 Å². The van der Waals surface area contributed by atoms with Crippen molar-refractivity contribution in [3.05, 3.63) is 71.4 Å². The predicted molar refractivity (Wildman–Crippen MR) is 123 cm³/mol. The minimum atomic E-state index is -0.442. The van der Waals surface area contributed by atoms with Crippen LogP contribution in [0.2, 0.25) is 0 Å². The molecule has 0 aliphatic carbocycles. The second-order valence-corrected chi connectivity index (χ2v) is 8.09. The first-order valence-electron chi connectivity index (χ1n) is 10.1. The first kappa shape index (κ1) is 22.1.